The second kappa shape index (κ2) is 10.00. The maximum Gasteiger partial charge on any atom is 0.404 e. The number of anilines is 1. The fourth-order valence-electron chi connectivity index (χ4n) is 3.48. The van der Waals surface area contributed by atoms with Crippen LogP contribution in [0.4, 0.5) is 17.2 Å². The van der Waals surface area contributed by atoms with Gasteiger partial charge < -0.3 is 24.6 Å². The van der Waals surface area contributed by atoms with Crippen LogP contribution in [-0.2, 0) is 6.54 Å². The minimum atomic E-state index is -0.647. The quantitative estimate of drug-likeness (QED) is 0.212. The van der Waals surface area contributed by atoms with Crippen molar-refractivity contribution in [3.63, 3.8) is 0 Å². The van der Waals surface area contributed by atoms with Crippen molar-refractivity contribution >= 4 is 39.0 Å². The molecule has 4 rings (SSSR count). The number of aryl methyl sites for hydroxylation is 2. The molecule has 0 saturated heterocycles. The molecule has 0 saturated carbocycles. The second-order valence-corrected chi connectivity index (χ2v) is 8.73. The molecule has 0 spiro atoms. The zero-order chi connectivity index (χ0) is 26.0. The average molecular weight is 556 g/mol. The van der Waals surface area contributed by atoms with Crippen LogP contribution >= 0.6 is 15.9 Å². The molecule has 0 radical (unpaired) electrons. The van der Waals surface area contributed by atoms with Crippen LogP contribution in [0.3, 0.4) is 0 Å². The summed E-state index contributed by atoms with van der Waals surface area (Å²) in [6, 6.07) is 12.4. The molecule has 1 amide bonds. The largest absolute Gasteiger partial charge is 0.457 e. The number of rotatable bonds is 8. The first-order valence-electron chi connectivity index (χ1n) is 10.4. The first-order chi connectivity index (χ1) is 17.1. The summed E-state index contributed by atoms with van der Waals surface area (Å²) in [4.78, 5) is 33.9. The SMILES string of the molecule is Cc1cc(C)cc(Oc2cc(NC(=O)c3ccc(Cn4cc(Br)c([N+](=O)[O-])n4)o3)cc([N+](=O)[O-])c2)c1. The number of hydrogen-bond acceptors (Lipinski definition) is 8. The summed E-state index contributed by atoms with van der Waals surface area (Å²) in [5, 5.41) is 28.8. The van der Waals surface area contributed by atoms with Crippen molar-refractivity contribution in [3.05, 3.63) is 102 Å². The second-order valence-electron chi connectivity index (χ2n) is 7.87. The summed E-state index contributed by atoms with van der Waals surface area (Å²) in [7, 11) is 0. The van der Waals surface area contributed by atoms with Crippen LogP contribution in [0, 0.1) is 34.1 Å². The van der Waals surface area contributed by atoms with E-state index >= 15 is 0 Å². The molecule has 13 heteroatoms. The van der Waals surface area contributed by atoms with E-state index in [4.69, 9.17) is 9.15 Å². The van der Waals surface area contributed by atoms with Crippen molar-refractivity contribution in [1.82, 2.24) is 9.78 Å². The molecule has 2 aromatic carbocycles. The molecule has 2 aromatic heterocycles. The first-order valence-corrected chi connectivity index (χ1v) is 11.2. The molecule has 4 aromatic rings. The van der Waals surface area contributed by atoms with Gasteiger partial charge in [-0.25, -0.2) is 0 Å². The van der Waals surface area contributed by atoms with E-state index in [9.17, 15) is 25.0 Å². The molecule has 0 aliphatic carbocycles. The summed E-state index contributed by atoms with van der Waals surface area (Å²) in [5.74, 6) is -0.0466. The van der Waals surface area contributed by atoms with E-state index in [1.54, 1.807) is 12.1 Å². The number of furan rings is 1. The van der Waals surface area contributed by atoms with Gasteiger partial charge in [0.25, 0.3) is 11.6 Å². The van der Waals surface area contributed by atoms with Gasteiger partial charge >= 0.3 is 5.82 Å². The highest BCUT2D eigenvalue weighted by Crippen LogP contribution is 2.31. The van der Waals surface area contributed by atoms with Gasteiger partial charge in [0.2, 0.25) is 0 Å². The van der Waals surface area contributed by atoms with Crippen molar-refractivity contribution in [3.8, 4) is 11.5 Å². The van der Waals surface area contributed by atoms with Crippen LogP contribution in [0.15, 0.2) is 63.6 Å². The number of aromatic nitrogens is 2. The van der Waals surface area contributed by atoms with Crippen LogP contribution in [0.5, 0.6) is 11.5 Å². The molecule has 0 fully saturated rings. The van der Waals surface area contributed by atoms with Gasteiger partial charge in [-0.15, -0.1) is 0 Å². The van der Waals surface area contributed by atoms with Crippen LogP contribution in [-0.4, -0.2) is 25.5 Å². The molecule has 0 atom stereocenters. The lowest BCUT2D eigenvalue weighted by Gasteiger charge is -2.10. The van der Waals surface area contributed by atoms with E-state index in [1.807, 2.05) is 19.9 Å². The number of nitro groups is 2. The summed E-state index contributed by atoms with van der Waals surface area (Å²) >= 11 is 3.07. The molecule has 0 unspecified atom stereocenters. The Balaban J connectivity index is 1.52. The Morgan fingerprint density at radius 2 is 1.75 bits per heavy atom. The molecular formula is C23H18BrN5O7. The van der Waals surface area contributed by atoms with Crippen molar-refractivity contribution in [2.75, 3.05) is 5.32 Å². The standard InChI is InChI=1S/C23H18BrN5O7/c1-13-5-14(2)7-18(6-13)35-19-9-15(8-16(10-19)28(31)32)25-23(30)21-4-3-17(36-21)11-27-12-20(24)22(26-27)29(33)34/h3-10,12H,11H2,1-2H3,(H,25,30). The van der Waals surface area contributed by atoms with E-state index in [2.05, 4.69) is 26.3 Å². The normalized spacial score (nSPS) is 10.8. The van der Waals surface area contributed by atoms with E-state index in [1.165, 1.54) is 41.2 Å². The Kier molecular flexibility index (Phi) is 6.83. The number of benzene rings is 2. The molecule has 0 bridgehead atoms. The van der Waals surface area contributed by atoms with Crippen molar-refractivity contribution in [1.29, 1.82) is 0 Å². The number of carbonyl (C=O) groups is 1. The number of nitrogens with one attached hydrogen (secondary N) is 1. The Labute approximate surface area is 211 Å². The van der Waals surface area contributed by atoms with E-state index < -0.39 is 15.8 Å². The van der Waals surface area contributed by atoms with Gasteiger partial charge in [-0.3, -0.25) is 14.9 Å². The van der Waals surface area contributed by atoms with Crippen molar-refractivity contribution < 1.29 is 23.8 Å². The zero-order valence-electron chi connectivity index (χ0n) is 18.9. The number of amides is 1. The van der Waals surface area contributed by atoms with Gasteiger partial charge in [0, 0.05) is 12.1 Å². The van der Waals surface area contributed by atoms with Crippen LogP contribution in [0.2, 0.25) is 0 Å². The summed E-state index contributed by atoms with van der Waals surface area (Å²) in [6.45, 7) is 3.86. The van der Waals surface area contributed by atoms with Gasteiger partial charge in [-0.05, 0) is 70.1 Å². The fraction of sp³-hybridized carbons (Fsp3) is 0.130. The number of nitro benzene ring substituents is 1. The van der Waals surface area contributed by atoms with Gasteiger partial charge in [-0.2, -0.15) is 4.68 Å². The molecule has 2 heterocycles. The molecule has 1 N–H and O–H groups in total. The molecule has 12 nitrogen and oxygen atoms in total. The first kappa shape index (κ1) is 24.6. The van der Waals surface area contributed by atoms with Crippen LogP contribution in [0.25, 0.3) is 0 Å². The highest BCUT2D eigenvalue weighted by molar-refractivity contribution is 9.10. The van der Waals surface area contributed by atoms with Gasteiger partial charge in [0.05, 0.1) is 28.0 Å². The monoisotopic (exact) mass is 555 g/mol. The number of hydrogen-bond donors (Lipinski definition) is 1. The maximum atomic E-state index is 12.7. The lowest BCUT2D eigenvalue weighted by atomic mass is 10.1. The number of halogens is 1. The molecule has 0 aliphatic rings. The number of ether oxygens (including phenoxy) is 1. The molecule has 0 aliphatic heterocycles. The summed E-state index contributed by atoms with van der Waals surface area (Å²) < 4.78 is 12.9. The Hall–Kier alpha value is -4.52. The highest BCUT2D eigenvalue weighted by atomic mass is 79.9. The molecular weight excluding hydrogens is 538 g/mol. The average Bonchev–Trinajstić information content (AvgIpc) is 3.39. The topological polar surface area (TPSA) is 156 Å². The number of non-ortho nitro benzene ring substituents is 1. The zero-order valence-corrected chi connectivity index (χ0v) is 20.5. The van der Waals surface area contributed by atoms with E-state index in [0.717, 1.165) is 11.1 Å². The molecule has 36 heavy (non-hydrogen) atoms. The minimum Gasteiger partial charge on any atom is -0.457 e. The third-order valence-electron chi connectivity index (χ3n) is 4.87. The number of carbonyl (C=O) groups excluding carboxylic acids is 1. The number of nitrogens with zero attached hydrogens (tertiary/aromatic N) is 4. The van der Waals surface area contributed by atoms with Gasteiger partial charge in [0.15, 0.2) is 5.76 Å². The van der Waals surface area contributed by atoms with E-state index in [0.29, 0.717) is 11.5 Å². The predicted octanol–water partition coefficient (Wildman–Crippen LogP) is 5.76. The highest BCUT2D eigenvalue weighted by Gasteiger charge is 2.20. The third-order valence-corrected chi connectivity index (χ3v) is 5.43. The Bertz CT molecular complexity index is 1470. The summed E-state index contributed by atoms with van der Waals surface area (Å²) in [5.41, 5.74) is 1.81. The van der Waals surface area contributed by atoms with Gasteiger partial charge in [-0.1, -0.05) is 6.07 Å². The predicted molar refractivity (Wildman–Crippen MR) is 131 cm³/mol. The molecule has 184 valence electrons. The Morgan fingerprint density at radius 1 is 1.06 bits per heavy atom. The Morgan fingerprint density at radius 3 is 2.39 bits per heavy atom. The smallest absolute Gasteiger partial charge is 0.404 e. The van der Waals surface area contributed by atoms with Gasteiger partial charge in [0.1, 0.15) is 28.3 Å². The minimum absolute atomic E-state index is 0.0461. The van der Waals surface area contributed by atoms with Crippen molar-refractivity contribution in [2.24, 2.45) is 0 Å². The lowest BCUT2D eigenvalue weighted by Crippen LogP contribution is -2.11. The third kappa shape index (κ3) is 5.75. The van der Waals surface area contributed by atoms with Crippen LogP contribution < -0.4 is 10.1 Å². The van der Waals surface area contributed by atoms with Crippen LogP contribution in [0.1, 0.15) is 27.4 Å². The van der Waals surface area contributed by atoms with E-state index in [-0.39, 0.29) is 39.7 Å². The maximum absolute atomic E-state index is 12.7. The lowest BCUT2D eigenvalue weighted by molar-refractivity contribution is -0.390. The summed E-state index contributed by atoms with van der Waals surface area (Å²) in [6.07, 6.45) is 1.42. The van der Waals surface area contributed by atoms with Crippen molar-refractivity contribution in [2.45, 2.75) is 20.4 Å². The fourth-order valence-corrected chi connectivity index (χ4v) is 3.94.